The van der Waals surface area contributed by atoms with E-state index in [-0.39, 0.29) is 25.4 Å². The molecule has 1 aromatic carbocycles. The lowest BCUT2D eigenvalue weighted by Gasteiger charge is -2.39. The quantitative estimate of drug-likeness (QED) is 0.705. The van der Waals surface area contributed by atoms with E-state index in [0.29, 0.717) is 17.0 Å². The van der Waals surface area contributed by atoms with Gasteiger partial charge in [-0.05, 0) is 24.6 Å². The SMILES string of the molecule is CCCCC(NS(=O)(=O)C1CN(C(=O)c2cccc(Cl)c2)C1)C(=O)O. The molecule has 0 bridgehead atoms. The molecule has 138 valence electrons. The molecule has 1 aromatic rings. The zero-order valence-electron chi connectivity index (χ0n) is 13.8. The van der Waals surface area contributed by atoms with Crippen molar-refractivity contribution in [3.8, 4) is 0 Å². The van der Waals surface area contributed by atoms with Gasteiger partial charge in [0.2, 0.25) is 10.0 Å². The van der Waals surface area contributed by atoms with Crippen LogP contribution in [-0.2, 0) is 14.8 Å². The first-order valence-corrected chi connectivity index (χ1v) is 9.95. The Hall–Kier alpha value is -1.64. The highest BCUT2D eigenvalue weighted by molar-refractivity contribution is 7.90. The van der Waals surface area contributed by atoms with Gasteiger partial charge in [0.15, 0.2) is 0 Å². The number of hydrogen-bond acceptors (Lipinski definition) is 4. The van der Waals surface area contributed by atoms with E-state index in [9.17, 15) is 18.0 Å². The minimum Gasteiger partial charge on any atom is -0.480 e. The van der Waals surface area contributed by atoms with Crippen LogP contribution in [0.15, 0.2) is 24.3 Å². The third-order valence-corrected chi connectivity index (χ3v) is 6.12. The van der Waals surface area contributed by atoms with Crippen LogP contribution in [0.25, 0.3) is 0 Å². The van der Waals surface area contributed by atoms with Gasteiger partial charge in [0, 0.05) is 23.7 Å². The van der Waals surface area contributed by atoms with Gasteiger partial charge in [-0.1, -0.05) is 37.4 Å². The maximum absolute atomic E-state index is 12.3. The number of carbonyl (C=O) groups is 2. The standard InChI is InChI=1S/C16H21ClN2O5S/c1-2-3-7-14(16(21)22)18-25(23,24)13-9-19(10-13)15(20)11-5-4-6-12(17)8-11/h4-6,8,13-14,18H,2-3,7,9-10H2,1H3,(H,21,22). The van der Waals surface area contributed by atoms with Crippen molar-refractivity contribution in [3.63, 3.8) is 0 Å². The minimum absolute atomic E-state index is 0.0286. The molecule has 2 rings (SSSR count). The molecule has 0 radical (unpaired) electrons. The number of hydrogen-bond donors (Lipinski definition) is 2. The van der Waals surface area contributed by atoms with Gasteiger partial charge in [-0.2, -0.15) is 0 Å². The predicted octanol–water partition coefficient (Wildman–Crippen LogP) is 1.73. The van der Waals surface area contributed by atoms with E-state index in [1.54, 1.807) is 18.2 Å². The van der Waals surface area contributed by atoms with E-state index in [2.05, 4.69) is 4.72 Å². The smallest absolute Gasteiger partial charge is 0.321 e. The molecule has 1 unspecified atom stereocenters. The fraction of sp³-hybridized carbons (Fsp3) is 0.500. The Morgan fingerprint density at radius 3 is 2.64 bits per heavy atom. The number of amides is 1. The van der Waals surface area contributed by atoms with Crippen LogP contribution >= 0.6 is 11.6 Å². The van der Waals surface area contributed by atoms with E-state index in [4.69, 9.17) is 16.7 Å². The number of likely N-dealkylation sites (tertiary alicyclic amines) is 1. The molecule has 9 heteroatoms. The van der Waals surface area contributed by atoms with Crippen molar-refractivity contribution in [3.05, 3.63) is 34.9 Å². The summed E-state index contributed by atoms with van der Waals surface area (Å²) >= 11 is 5.85. The number of sulfonamides is 1. The molecule has 1 fully saturated rings. The Labute approximate surface area is 152 Å². The van der Waals surface area contributed by atoms with Crippen molar-refractivity contribution in [2.75, 3.05) is 13.1 Å². The molecular weight excluding hydrogens is 368 g/mol. The van der Waals surface area contributed by atoms with Crippen LogP contribution in [0, 0.1) is 0 Å². The monoisotopic (exact) mass is 388 g/mol. The van der Waals surface area contributed by atoms with Crippen LogP contribution in [-0.4, -0.2) is 54.7 Å². The molecular formula is C16H21ClN2O5S. The highest BCUT2D eigenvalue weighted by Crippen LogP contribution is 2.21. The summed E-state index contributed by atoms with van der Waals surface area (Å²) in [5.41, 5.74) is 0.391. The van der Waals surface area contributed by atoms with Crippen LogP contribution < -0.4 is 4.72 Å². The first-order valence-electron chi connectivity index (χ1n) is 8.03. The zero-order chi connectivity index (χ0) is 18.6. The third kappa shape index (κ3) is 4.93. The minimum atomic E-state index is -3.81. The molecule has 1 aliphatic rings. The van der Waals surface area contributed by atoms with Crippen molar-refractivity contribution in [1.29, 1.82) is 0 Å². The Bertz CT molecular complexity index is 747. The molecule has 0 saturated carbocycles. The predicted molar refractivity (Wildman–Crippen MR) is 94.1 cm³/mol. The van der Waals surface area contributed by atoms with E-state index >= 15 is 0 Å². The highest BCUT2D eigenvalue weighted by Gasteiger charge is 2.41. The summed E-state index contributed by atoms with van der Waals surface area (Å²) in [6.45, 7) is 1.96. The molecule has 0 spiro atoms. The average Bonchev–Trinajstić information content (AvgIpc) is 2.49. The van der Waals surface area contributed by atoms with Crippen LogP contribution in [0.5, 0.6) is 0 Å². The number of nitrogens with zero attached hydrogens (tertiary/aromatic N) is 1. The average molecular weight is 389 g/mol. The molecule has 2 N–H and O–H groups in total. The number of rotatable bonds is 8. The Kier molecular flexibility index (Phi) is 6.42. The van der Waals surface area contributed by atoms with Gasteiger partial charge in [0.1, 0.15) is 11.3 Å². The summed E-state index contributed by atoms with van der Waals surface area (Å²) < 4.78 is 26.9. The molecule has 7 nitrogen and oxygen atoms in total. The van der Waals surface area contributed by atoms with Crippen molar-refractivity contribution in [2.24, 2.45) is 0 Å². The van der Waals surface area contributed by atoms with E-state index in [1.165, 1.54) is 11.0 Å². The topological polar surface area (TPSA) is 104 Å². The lowest BCUT2D eigenvalue weighted by Crippen LogP contribution is -2.60. The lowest BCUT2D eigenvalue weighted by atomic mass is 10.1. The molecule has 1 heterocycles. The third-order valence-electron chi connectivity index (χ3n) is 4.10. The fourth-order valence-corrected chi connectivity index (χ4v) is 4.29. The van der Waals surface area contributed by atoms with E-state index < -0.39 is 27.3 Å². The van der Waals surface area contributed by atoms with Crippen LogP contribution in [0.2, 0.25) is 5.02 Å². The number of aliphatic carboxylic acids is 1. The van der Waals surface area contributed by atoms with Gasteiger partial charge < -0.3 is 10.0 Å². The van der Waals surface area contributed by atoms with Crippen molar-refractivity contribution in [2.45, 2.75) is 37.5 Å². The first kappa shape index (κ1) is 19.7. The molecule has 1 saturated heterocycles. The molecule has 1 aliphatic heterocycles. The summed E-state index contributed by atoms with van der Waals surface area (Å²) in [7, 11) is -3.81. The number of benzene rings is 1. The van der Waals surface area contributed by atoms with Gasteiger partial charge in [-0.15, -0.1) is 0 Å². The maximum atomic E-state index is 12.3. The lowest BCUT2D eigenvalue weighted by molar-refractivity contribution is -0.139. The van der Waals surface area contributed by atoms with Crippen molar-refractivity contribution in [1.82, 2.24) is 9.62 Å². The summed E-state index contributed by atoms with van der Waals surface area (Å²) in [5.74, 6) is -1.49. The number of nitrogens with one attached hydrogen (secondary N) is 1. The highest BCUT2D eigenvalue weighted by atomic mass is 35.5. The maximum Gasteiger partial charge on any atom is 0.321 e. The first-order chi connectivity index (χ1) is 11.7. The number of unbranched alkanes of at least 4 members (excludes halogenated alkanes) is 1. The normalized spacial score (nSPS) is 16.3. The number of halogens is 1. The Balaban J connectivity index is 1.95. The Morgan fingerprint density at radius 1 is 1.40 bits per heavy atom. The molecule has 1 atom stereocenters. The second-order valence-electron chi connectivity index (χ2n) is 6.04. The van der Waals surface area contributed by atoms with E-state index in [0.717, 1.165) is 6.42 Å². The largest absolute Gasteiger partial charge is 0.480 e. The second-order valence-corrected chi connectivity index (χ2v) is 8.47. The second kappa shape index (κ2) is 8.16. The summed E-state index contributed by atoms with van der Waals surface area (Å²) in [5, 5.41) is 8.77. The van der Waals surface area contributed by atoms with Gasteiger partial charge in [0.05, 0.1) is 0 Å². The molecule has 0 aromatic heterocycles. The van der Waals surface area contributed by atoms with Crippen LogP contribution in [0.1, 0.15) is 36.5 Å². The fourth-order valence-electron chi connectivity index (χ4n) is 2.54. The summed E-state index contributed by atoms with van der Waals surface area (Å²) in [6, 6.07) is 5.29. The van der Waals surface area contributed by atoms with Crippen LogP contribution in [0.4, 0.5) is 0 Å². The van der Waals surface area contributed by atoms with Gasteiger partial charge in [-0.3, -0.25) is 9.59 Å². The molecule has 25 heavy (non-hydrogen) atoms. The Morgan fingerprint density at radius 2 is 2.08 bits per heavy atom. The van der Waals surface area contributed by atoms with Crippen LogP contribution in [0.3, 0.4) is 0 Å². The van der Waals surface area contributed by atoms with Gasteiger partial charge >= 0.3 is 5.97 Å². The number of carboxylic acid groups (broad SMARTS) is 1. The van der Waals surface area contributed by atoms with Crippen molar-refractivity contribution >= 4 is 33.5 Å². The van der Waals surface area contributed by atoms with Crippen molar-refractivity contribution < 1.29 is 23.1 Å². The number of carbonyl (C=O) groups excluding carboxylic acids is 1. The summed E-state index contributed by atoms with van der Waals surface area (Å²) in [6.07, 6.45) is 1.63. The van der Waals surface area contributed by atoms with Gasteiger partial charge in [0.25, 0.3) is 5.91 Å². The van der Waals surface area contributed by atoms with Gasteiger partial charge in [-0.25, -0.2) is 13.1 Å². The number of carboxylic acids is 1. The zero-order valence-corrected chi connectivity index (χ0v) is 15.4. The van der Waals surface area contributed by atoms with E-state index in [1.807, 2.05) is 6.92 Å². The summed E-state index contributed by atoms with van der Waals surface area (Å²) in [4.78, 5) is 24.9. The molecule has 0 aliphatic carbocycles. The molecule has 1 amide bonds.